The summed E-state index contributed by atoms with van der Waals surface area (Å²) >= 11 is 0. The average Bonchev–Trinajstić information content (AvgIpc) is 2.10. The van der Waals surface area contributed by atoms with Crippen LogP contribution in [0.3, 0.4) is 0 Å². The second-order valence-corrected chi connectivity index (χ2v) is 3.27. The summed E-state index contributed by atoms with van der Waals surface area (Å²) in [5.74, 6) is 5.70. The molecule has 1 saturated heterocycles. The first-order chi connectivity index (χ1) is 6.24. The molecule has 74 valence electrons. The van der Waals surface area contributed by atoms with Crippen LogP contribution in [0.2, 0.25) is 0 Å². The summed E-state index contributed by atoms with van der Waals surface area (Å²) in [5, 5.41) is 1.82. The number of carbonyl (C=O) groups excluding carboxylic acids is 1. The zero-order valence-electron chi connectivity index (χ0n) is 7.91. The SMILES string of the molecule is C=CC(=O)N1CCCN(N)CCC1. The van der Waals surface area contributed by atoms with Crippen LogP contribution >= 0.6 is 0 Å². The van der Waals surface area contributed by atoms with Crippen molar-refractivity contribution < 1.29 is 4.79 Å². The summed E-state index contributed by atoms with van der Waals surface area (Å²) in [4.78, 5) is 13.1. The Kier molecular flexibility index (Phi) is 3.92. The lowest BCUT2D eigenvalue weighted by atomic mass is 10.2. The fourth-order valence-electron chi connectivity index (χ4n) is 1.50. The van der Waals surface area contributed by atoms with Gasteiger partial charge in [0.25, 0.3) is 0 Å². The third-order valence-corrected chi connectivity index (χ3v) is 2.23. The molecule has 1 aliphatic heterocycles. The van der Waals surface area contributed by atoms with Crippen LogP contribution in [0.15, 0.2) is 12.7 Å². The molecule has 1 fully saturated rings. The van der Waals surface area contributed by atoms with Crippen molar-refractivity contribution in [2.75, 3.05) is 26.2 Å². The Morgan fingerprint density at radius 2 is 1.77 bits per heavy atom. The van der Waals surface area contributed by atoms with Gasteiger partial charge in [-0.2, -0.15) is 0 Å². The largest absolute Gasteiger partial charge is 0.339 e. The fourth-order valence-corrected chi connectivity index (χ4v) is 1.50. The Morgan fingerprint density at radius 3 is 2.23 bits per heavy atom. The third-order valence-electron chi connectivity index (χ3n) is 2.23. The molecule has 4 heteroatoms. The van der Waals surface area contributed by atoms with Crippen molar-refractivity contribution >= 4 is 5.91 Å². The smallest absolute Gasteiger partial charge is 0.245 e. The van der Waals surface area contributed by atoms with Crippen molar-refractivity contribution in [3.8, 4) is 0 Å². The summed E-state index contributed by atoms with van der Waals surface area (Å²) in [6.07, 6.45) is 3.26. The second-order valence-electron chi connectivity index (χ2n) is 3.27. The highest BCUT2D eigenvalue weighted by Gasteiger charge is 2.13. The Labute approximate surface area is 79.0 Å². The Bertz CT molecular complexity index is 183. The zero-order chi connectivity index (χ0) is 9.68. The highest BCUT2D eigenvalue weighted by molar-refractivity contribution is 5.86. The zero-order valence-corrected chi connectivity index (χ0v) is 7.91. The molecule has 2 N–H and O–H groups in total. The van der Waals surface area contributed by atoms with E-state index in [0.29, 0.717) is 0 Å². The van der Waals surface area contributed by atoms with Crippen LogP contribution in [0.5, 0.6) is 0 Å². The molecule has 0 aliphatic carbocycles. The number of hydrazine groups is 1. The van der Waals surface area contributed by atoms with Crippen molar-refractivity contribution in [3.63, 3.8) is 0 Å². The summed E-state index contributed by atoms with van der Waals surface area (Å²) in [5.41, 5.74) is 0. The van der Waals surface area contributed by atoms with Gasteiger partial charge in [-0.25, -0.2) is 5.01 Å². The minimum Gasteiger partial charge on any atom is -0.339 e. The van der Waals surface area contributed by atoms with Gasteiger partial charge >= 0.3 is 0 Å². The first kappa shape index (κ1) is 10.2. The summed E-state index contributed by atoms with van der Waals surface area (Å²) in [6.45, 7) is 6.78. The maximum Gasteiger partial charge on any atom is 0.245 e. The van der Waals surface area contributed by atoms with E-state index in [1.165, 1.54) is 6.08 Å². The van der Waals surface area contributed by atoms with E-state index in [1.807, 2.05) is 9.91 Å². The first-order valence-electron chi connectivity index (χ1n) is 4.65. The van der Waals surface area contributed by atoms with Gasteiger partial charge in [-0.15, -0.1) is 0 Å². The van der Waals surface area contributed by atoms with Gasteiger partial charge in [0.2, 0.25) is 5.91 Å². The number of nitrogens with zero attached hydrogens (tertiary/aromatic N) is 2. The van der Waals surface area contributed by atoms with Crippen LogP contribution in [0.25, 0.3) is 0 Å². The highest BCUT2D eigenvalue weighted by Crippen LogP contribution is 2.01. The monoisotopic (exact) mass is 183 g/mol. The fraction of sp³-hybridized carbons (Fsp3) is 0.667. The summed E-state index contributed by atoms with van der Waals surface area (Å²) in [6, 6.07) is 0. The van der Waals surface area contributed by atoms with Crippen molar-refractivity contribution in [2.24, 2.45) is 5.84 Å². The van der Waals surface area contributed by atoms with Gasteiger partial charge in [0, 0.05) is 26.2 Å². The minimum absolute atomic E-state index is 0.0328. The molecular formula is C9H17N3O. The van der Waals surface area contributed by atoms with E-state index in [2.05, 4.69) is 6.58 Å². The molecule has 0 bridgehead atoms. The van der Waals surface area contributed by atoms with Crippen LogP contribution in [-0.2, 0) is 4.79 Å². The number of amides is 1. The van der Waals surface area contributed by atoms with Gasteiger partial charge in [-0.05, 0) is 18.9 Å². The van der Waals surface area contributed by atoms with E-state index in [9.17, 15) is 4.79 Å². The van der Waals surface area contributed by atoms with Crippen molar-refractivity contribution in [3.05, 3.63) is 12.7 Å². The predicted molar refractivity (Wildman–Crippen MR) is 51.8 cm³/mol. The predicted octanol–water partition coefficient (Wildman–Crippen LogP) is -0.0295. The van der Waals surface area contributed by atoms with E-state index in [0.717, 1.165) is 39.0 Å². The molecule has 0 aromatic rings. The van der Waals surface area contributed by atoms with Crippen molar-refractivity contribution in [2.45, 2.75) is 12.8 Å². The first-order valence-corrected chi connectivity index (χ1v) is 4.65. The molecule has 1 aliphatic rings. The van der Waals surface area contributed by atoms with Crippen LogP contribution in [-0.4, -0.2) is 42.0 Å². The molecule has 13 heavy (non-hydrogen) atoms. The maximum atomic E-state index is 11.3. The van der Waals surface area contributed by atoms with Crippen LogP contribution in [0.1, 0.15) is 12.8 Å². The molecule has 4 nitrogen and oxygen atoms in total. The molecule has 0 aromatic carbocycles. The van der Waals surface area contributed by atoms with Gasteiger partial charge < -0.3 is 4.90 Å². The number of hydrogen-bond acceptors (Lipinski definition) is 3. The maximum absolute atomic E-state index is 11.3. The third kappa shape index (κ3) is 3.16. The number of hydrogen-bond donors (Lipinski definition) is 1. The summed E-state index contributed by atoms with van der Waals surface area (Å²) in [7, 11) is 0. The quantitative estimate of drug-likeness (QED) is 0.459. The minimum atomic E-state index is 0.0328. The molecule has 1 heterocycles. The molecule has 0 radical (unpaired) electrons. The van der Waals surface area contributed by atoms with Crippen molar-refractivity contribution in [1.82, 2.24) is 9.91 Å². The molecule has 0 atom stereocenters. The lowest BCUT2D eigenvalue weighted by molar-refractivity contribution is -0.126. The van der Waals surface area contributed by atoms with E-state index >= 15 is 0 Å². The Morgan fingerprint density at radius 1 is 1.23 bits per heavy atom. The molecule has 0 unspecified atom stereocenters. The number of nitrogens with two attached hydrogens (primary N) is 1. The molecule has 1 rings (SSSR count). The second kappa shape index (κ2) is 4.99. The summed E-state index contributed by atoms with van der Waals surface area (Å²) < 4.78 is 0. The lowest BCUT2D eigenvalue weighted by Gasteiger charge is -2.27. The Balaban J connectivity index is 2.41. The standard InChI is InChI=1S/C9H17N3O/c1-2-9(13)11-5-3-7-12(10)8-4-6-11/h2H,1,3-8,10H2. The number of carbonyl (C=O) groups is 1. The van der Waals surface area contributed by atoms with E-state index in [-0.39, 0.29) is 5.91 Å². The van der Waals surface area contributed by atoms with Crippen LogP contribution < -0.4 is 5.84 Å². The van der Waals surface area contributed by atoms with E-state index < -0.39 is 0 Å². The Hall–Kier alpha value is -0.870. The van der Waals surface area contributed by atoms with E-state index in [4.69, 9.17) is 5.84 Å². The van der Waals surface area contributed by atoms with Gasteiger partial charge in [-0.3, -0.25) is 10.6 Å². The average molecular weight is 183 g/mol. The number of rotatable bonds is 1. The normalized spacial score (nSPS) is 20.5. The molecule has 0 saturated carbocycles. The molecule has 0 aromatic heterocycles. The van der Waals surface area contributed by atoms with Crippen LogP contribution in [0, 0.1) is 0 Å². The lowest BCUT2D eigenvalue weighted by Crippen LogP contribution is -2.41. The van der Waals surface area contributed by atoms with Gasteiger partial charge in [0.15, 0.2) is 0 Å². The van der Waals surface area contributed by atoms with Crippen LogP contribution in [0.4, 0.5) is 0 Å². The van der Waals surface area contributed by atoms with E-state index in [1.54, 1.807) is 0 Å². The van der Waals surface area contributed by atoms with Gasteiger partial charge in [-0.1, -0.05) is 6.58 Å². The molecular weight excluding hydrogens is 166 g/mol. The molecule has 1 amide bonds. The van der Waals surface area contributed by atoms with Gasteiger partial charge in [0.05, 0.1) is 0 Å². The van der Waals surface area contributed by atoms with Gasteiger partial charge in [0.1, 0.15) is 0 Å². The highest BCUT2D eigenvalue weighted by atomic mass is 16.2. The van der Waals surface area contributed by atoms with Crippen molar-refractivity contribution in [1.29, 1.82) is 0 Å². The molecule has 0 spiro atoms. The topological polar surface area (TPSA) is 49.6 Å².